The van der Waals surface area contributed by atoms with Crippen LogP contribution in [-0.2, 0) is 14.3 Å². The van der Waals surface area contributed by atoms with Gasteiger partial charge in [-0.25, -0.2) is 0 Å². The summed E-state index contributed by atoms with van der Waals surface area (Å²) in [5, 5.41) is 0. The summed E-state index contributed by atoms with van der Waals surface area (Å²) in [4.78, 5) is 10.6. The molecule has 0 heterocycles. The molecule has 0 aromatic rings. The van der Waals surface area contributed by atoms with Gasteiger partial charge in [-0.1, -0.05) is 39.0 Å². The molecule has 0 aromatic heterocycles. The van der Waals surface area contributed by atoms with E-state index in [0.29, 0.717) is 13.0 Å². The molecule has 0 radical (unpaired) electrons. The van der Waals surface area contributed by atoms with Gasteiger partial charge in [-0.05, 0) is 6.42 Å². The summed E-state index contributed by atoms with van der Waals surface area (Å²) in [5.41, 5.74) is 5.55. The molecule has 0 saturated heterocycles. The number of ether oxygens (including phenoxy) is 2. The molecule has 0 aliphatic rings. The maximum atomic E-state index is 10.6. The highest BCUT2D eigenvalue weighted by atomic mass is 16.6. The van der Waals surface area contributed by atoms with E-state index in [1.54, 1.807) is 0 Å². The van der Waals surface area contributed by atoms with Gasteiger partial charge in [0.2, 0.25) is 0 Å². The molecular weight excluding hydrogens is 218 g/mol. The molecule has 0 bridgehead atoms. The second-order valence-electron chi connectivity index (χ2n) is 4.32. The Hall–Kier alpha value is -0.610. The molecule has 1 unspecified atom stereocenters. The summed E-state index contributed by atoms with van der Waals surface area (Å²) in [6.07, 6.45) is 7.61. The van der Waals surface area contributed by atoms with Crippen molar-refractivity contribution in [3.05, 3.63) is 0 Å². The number of rotatable bonds is 11. The van der Waals surface area contributed by atoms with E-state index >= 15 is 0 Å². The second-order valence-corrected chi connectivity index (χ2v) is 4.32. The molecule has 0 spiro atoms. The molecule has 2 N–H and O–H groups in total. The Labute approximate surface area is 105 Å². The van der Waals surface area contributed by atoms with Crippen molar-refractivity contribution in [2.75, 3.05) is 13.2 Å². The van der Waals surface area contributed by atoms with Crippen molar-refractivity contribution in [1.82, 2.24) is 0 Å². The quantitative estimate of drug-likeness (QED) is 0.345. The van der Waals surface area contributed by atoms with Crippen LogP contribution in [0.1, 0.15) is 58.8 Å². The van der Waals surface area contributed by atoms with Crippen LogP contribution < -0.4 is 5.73 Å². The SMILES string of the molecule is CCCCCCCCOCCC(N)OC(C)=O. The van der Waals surface area contributed by atoms with E-state index in [-0.39, 0.29) is 5.97 Å². The highest BCUT2D eigenvalue weighted by Crippen LogP contribution is 2.05. The molecule has 0 rings (SSSR count). The Balaban J connectivity index is 3.10. The minimum absolute atomic E-state index is 0.339. The van der Waals surface area contributed by atoms with Crippen molar-refractivity contribution < 1.29 is 14.3 Å². The molecule has 0 aliphatic heterocycles. The fourth-order valence-electron chi connectivity index (χ4n) is 1.56. The van der Waals surface area contributed by atoms with E-state index in [2.05, 4.69) is 6.92 Å². The third-order valence-electron chi connectivity index (χ3n) is 2.51. The first-order chi connectivity index (χ1) is 8.16. The van der Waals surface area contributed by atoms with Gasteiger partial charge < -0.3 is 9.47 Å². The number of unbranched alkanes of at least 4 members (excludes halogenated alkanes) is 5. The summed E-state index contributed by atoms with van der Waals surface area (Å²) in [6, 6.07) is 0. The van der Waals surface area contributed by atoms with E-state index in [9.17, 15) is 4.79 Å². The van der Waals surface area contributed by atoms with Gasteiger partial charge in [0.1, 0.15) is 0 Å². The third kappa shape index (κ3) is 13.3. The maximum Gasteiger partial charge on any atom is 0.304 e. The summed E-state index contributed by atoms with van der Waals surface area (Å²) in [7, 11) is 0. The highest BCUT2D eigenvalue weighted by Gasteiger charge is 2.04. The first-order valence-corrected chi connectivity index (χ1v) is 6.67. The van der Waals surface area contributed by atoms with Crippen molar-refractivity contribution in [1.29, 1.82) is 0 Å². The van der Waals surface area contributed by atoms with Crippen LogP contribution in [0.4, 0.5) is 0 Å². The number of esters is 1. The van der Waals surface area contributed by atoms with Crippen LogP contribution >= 0.6 is 0 Å². The molecule has 0 saturated carbocycles. The van der Waals surface area contributed by atoms with Crippen LogP contribution in [0.3, 0.4) is 0 Å². The normalized spacial score (nSPS) is 12.4. The molecule has 0 amide bonds. The molecule has 0 aromatic carbocycles. The average molecular weight is 245 g/mol. The number of nitrogens with two attached hydrogens (primary N) is 1. The number of carbonyl (C=O) groups excluding carboxylic acids is 1. The first-order valence-electron chi connectivity index (χ1n) is 6.67. The minimum atomic E-state index is -0.531. The van der Waals surface area contributed by atoms with E-state index in [0.717, 1.165) is 13.0 Å². The van der Waals surface area contributed by atoms with Gasteiger partial charge in [-0.15, -0.1) is 0 Å². The van der Waals surface area contributed by atoms with Crippen LogP contribution in [-0.4, -0.2) is 25.4 Å². The number of carbonyl (C=O) groups is 1. The van der Waals surface area contributed by atoms with E-state index in [1.165, 1.54) is 39.0 Å². The molecule has 0 aliphatic carbocycles. The topological polar surface area (TPSA) is 61.6 Å². The monoisotopic (exact) mass is 245 g/mol. The molecule has 17 heavy (non-hydrogen) atoms. The predicted molar refractivity (Wildman–Crippen MR) is 68.6 cm³/mol. The fraction of sp³-hybridized carbons (Fsp3) is 0.923. The molecule has 4 heteroatoms. The summed E-state index contributed by atoms with van der Waals surface area (Å²) in [5.74, 6) is -0.339. The van der Waals surface area contributed by atoms with Crippen molar-refractivity contribution in [3.8, 4) is 0 Å². The van der Waals surface area contributed by atoms with Gasteiger partial charge in [0.05, 0.1) is 6.61 Å². The lowest BCUT2D eigenvalue weighted by Gasteiger charge is -2.11. The lowest BCUT2D eigenvalue weighted by Crippen LogP contribution is -2.27. The summed E-state index contributed by atoms with van der Waals surface area (Å²) in [6.45, 7) is 4.91. The van der Waals surface area contributed by atoms with Gasteiger partial charge in [0.25, 0.3) is 0 Å². The van der Waals surface area contributed by atoms with E-state index in [1.807, 2.05) is 0 Å². The van der Waals surface area contributed by atoms with Gasteiger partial charge >= 0.3 is 5.97 Å². The maximum absolute atomic E-state index is 10.6. The van der Waals surface area contributed by atoms with Gasteiger partial charge in [0, 0.05) is 20.0 Å². The van der Waals surface area contributed by atoms with Crippen LogP contribution in [0.2, 0.25) is 0 Å². The number of hydrogen-bond acceptors (Lipinski definition) is 4. The Kier molecular flexibility index (Phi) is 11.4. The molecular formula is C13H27NO3. The smallest absolute Gasteiger partial charge is 0.304 e. The largest absolute Gasteiger partial charge is 0.447 e. The van der Waals surface area contributed by atoms with Crippen molar-refractivity contribution >= 4 is 5.97 Å². The van der Waals surface area contributed by atoms with E-state index in [4.69, 9.17) is 15.2 Å². The van der Waals surface area contributed by atoms with Crippen LogP contribution in [0, 0.1) is 0 Å². The van der Waals surface area contributed by atoms with Crippen molar-refractivity contribution in [3.63, 3.8) is 0 Å². The van der Waals surface area contributed by atoms with E-state index < -0.39 is 6.23 Å². The predicted octanol–water partition coefficient (Wildman–Crippen LogP) is 2.60. The Bertz CT molecular complexity index is 186. The standard InChI is InChI=1S/C13H27NO3/c1-3-4-5-6-7-8-10-16-11-9-13(14)17-12(2)15/h13H,3-11,14H2,1-2H3. The summed E-state index contributed by atoms with van der Waals surface area (Å²) >= 11 is 0. The molecule has 4 nitrogen and oxygen atoms in total. The minimum Gasteiger partial charge on any atom is -0.447 e. The van der Waals surface area contributed by atoms with Crippen LogP contribution in [0.15, 0.2) is 0 Å². The zero-order valence-electron chi connectivity index (χ0n) is 11.2. The van der Waals surface area contributed by atoms with Crippen LogP contribution in [0.5, 0.6) is 0 Å². The molecule has 102 valence electrons. The zero-order valence-corrected chi connectivity index (χ0v) is 11.2. The fourth-order valence-corrected chi connectivity index (χ4v) is 1.56. The Morgan fingerprint density at radius 2 is 1.76 bits per heavy atom. The lowest BCUT2D eigenvalue weighted by molar-refractivity contribution is -0.146. The van der Waals surface area contributed by atoms with Crippen molar-refractivity contribution in [2.45, 2.75) is 65.0 Å². The zero-order chi connectivity index (χ0) is 12.9. The van der Waals surface area contributed by atoms with Crippen molar-refractivity contribution in [2.24, 2.45) is 5.73 Å². The van der Waals surface area contributed by atoms with Crippen LogP contribution in [0.25, 0.3) is 0 Å². The lowest BCUT2D eigenvalue weighted by atomic mass is 10.1. The average Bonchev–Trinajstić information content (AvgIpc) is 2.26. The third-order valence-corrected chi connectivity index (χ3v) is 2.51. The Morgan fingerprint density at radius 3 is 2.41 bits per heavy atom. The van der Waals surface area contributed by atoms with Gasteiger partial charge in [0.15, 0.2) is 6.23 Å². The second kappa shape index (κ2) is 11.9. The highest BCUT2D eigenvalue weighted by molar-refractivity contribution is 5.66. The van der Waals surface area contributed by atoms with Gasteiger partial charge in [-0.3, -0.25) is 10.5 Å². The summed E-state index contributed by atoms with van der Waals surface area (Å²) < 4.78 is 10.2. The first kappa shape index (κ1) is 16.4. The van der Waals surface area contributed by atoms with Gasteiger partial charge in [-0.2, -0.15) is 0 Å². The Morgan fingerprint density at radius 1 is 1.12 bits per heavy atom. The molecule has 1 atom stereocenters. The molecule has 0 fully saturated rings. The number of hydrogen-bond donors (Lipinski definition) is 1.